The first kappa shape index (κ1) is 14.8. The summed E-state index contributed by atoms with van der Waals surface area (Å²) in [6.07, 6.45) is -6.10. The van der Waals surface area contributed by atoms with Gasteiger partial charge in [-0.2, -0.15) is 13.2 Å². The Kier molecular flexibility index (Phi) is 4.58. The third kappa shape index (κ3) is 3.88. The molecule has 1 unspecified atom stereocenters. The molecule has 0 heterocycles. The summed E-state index contributed by atoms with van der Waals surface area (Å²) in [7, 11) is 0. The van der Waals surface area contributed by atoms with Crippen molar-refractivity contribution in [1.82, 2.24) is 5.43 Å². The van der Waals surface area contributed by atoms with Crippen LogP contribution in [0.2, 0.25) is 0 Å². The van der Waals surface area contributed by atoms with Crippen LogP contribution in [0.1, 0.15) is 24.4 Å². The maximum absolute atomic E-state index is 12.9. The van der Waals surface area contributed by atoms with Crippen molar-refractivity contribution in [3.8, 4) is 0 Å². The lowest BCUT2D eigenvalue weighted by molar-refractivity contribution is -0.136. The largest absolute Gasteiger partial charge is 0.389 e. The van der Waals surface area contributed by atoms with Crippen molar-refractivity contribution in [2.75, 3.05) is 0 Å². The van der Waals surface area contributed by atoms with Crippen LogP contribution in [-0.4, -0.2) is 6.18 Å². The molecule has 1 rings (SSSR count). The quantitative estimate of drug-likeness (QED) is 0.383. The van der Waals surface area contributed by atoms with Gasteiger partial charge in [-0.3, -0.25) is 11.3 Å². The molecular formula is C10H10F6N2. The van der Waals surface area contributed by atoms with Crippen molar-refractivity contribution in [1.29, 1.82) is 0 Å². The number of nitrogens with one attached hydrogen (secondary N) is 1. The zero-order valence-corrected chi connectivity index (χ0v) is 8.99. The van der Waals surface area contributed by atoms with Crippen molar-refractivity contribution in [2.24, 2.45) is 5.84 Å². The summed E-state index contributed by atoms with van der Waals surface area (Å²) >= 11 is 0. The number of hydrogen-bond donors (Lipinski definition) is 2. The van der Waals surface area contributed by atoms with E-state index >= 15 is 0 Å². The van der Waals surface area contributed by atoms with Crippen molar-refractivity contribution >= 4 is 0 Å². The Bertz CT molecular complexity index is 394. The van der Waals surface area contributed by atoms with Gasteiger partial charge in [-0.15, -0.1) is 0 Å². The average molecular weight is 272 g/mol. The van der Waals surface area contributed by atoms with Gasteiger partial charge in [-0.25, -0.2) is 13.2 Å². The molecule has 0 aliphatic carbocycles. The summed E-state index contributed by atoms with van der Waals surface area (Å²) < 4.78 is 74.5. The fraction of sp³-hybridized carbons (Fsp3) is 0.400. The molecule has 0 spiro atoms. The van der Waals surface area contributed by atoms with Gasteiger partial charge in [0.25, 0.3) is 0 Å². The van der Waals surface area contributed by atoms with Crippen LogP contribution in [0, 0.1) is 17.5 Å². The second-order valence-corrected chi connectivity index (χ2v) is 3.67. The summed E-state index contributed by atoms with van der Waals surface area (Å²) in [5.41, 5.74) is 1.83. The maximum atomic E-state index is 12.9. The Morgan fingerprint density at radius 1 is 1.11 bits per heavy atom. The smallest absolute Gasteiger partial charge is 0.271 e. The minimum absolute atomic E-state index is 0.182. The zero-order valence-electron chi connectivity index (χ0n) is 8.99. The van der Waals surface area contributed by atoms with Gasteiger partial charge < -0.3 is 0 Å². The minimum atomic E-state index is -4.41. The van der Waals surface area contributed by atoms with Gasteiger partial charge in [-0.1, -0.05) is 0 Å². The Morgan fingerprint density at radius 2 is 1.61 bits per heavy atom. The number of nitrogens with two attached hydrogens (primary N) is 1. The summed E-state index contributed by atoms with van der Waals surface area (Å²) in [6.45, 7) is 0. The lowest BCUT2D eigenvalue weighted by Crippen LogP contribution is -2.29. The highest BCUT2D eigenvalue weighted by Crippen LogP contribution is 2.28. The summed E-state index contributed by atoms with van der Waals surface area (Å²) in [5.74, 6) is 0.391. The van der Waals surface area contributed by atoms with Gasteiger partial charge in [0.15, 0.2) is 17.5 Å². The van der Waals surface area contributed by atoms with E-state index in [2.05, 4.69) is 0 Å². The molecule has 0 saturated carbocycles. The van der Waals surface area contributed by atoms with Crippen molar-refractivity contribution in [2.45, 2.75) is 25.1 Å². The van der Waals surface area contributed by atoms with E-state index in [4.69, 9.17) is 5.84 Å². The monoisotopic (exact) mass is 272 g/mol. The Hall–Kier alpha value is -1.28. The molecule has 0 fully saturated rings. The van der Waals surface area contributed by atoms with Crippen LogP contribution in [0.5, 0.6) is 0 Å². The van der Waals surface area contributed by atoms with E-state index in [-0.39, 0.29) is 5.56 Å². The minimum Gasteiger partial charge on any atom is -0.271 e. The lowest BCUT2D eigenvalue weighted by Gasteiger charge is -2.17. The molecule has 0 aliphatic heterocycles. The van der Waals surface area contributed by atoms with Crippen LogP contribution in [-0.2, 0) is 0 Å². The fourth-order valence-corrected chi connectivity index (χ4v) is 1.43. The molecule has 0 aliphatic rings. The van der Waals surface area contributed by atoms with Gasteiger partial charge in [0.05, 0.1) is 0 Å². The summed E-state index contributed by atoms with van der Waals surface area (Å²) in [4.78, 5) is 0. The van der Waals surface area contributed by atoms with Gasteiger partial charge in [0.1, 0.15) is 0 Å². The lowest BCUT2D eigenvalue weighted by atomic mass is 10.0. The van der Waals surface area contributed by atoms with Crippen LogP contribution >= 0.6 is 0 Å². The predicted molar refractivity (Wildman–Crippen MR) is 51.7 cm³/mol. The molecule has 0 saturated heterocycles. The second-order valence-electron chi connectivity index (χ2n) is 3.67. The molecule has 0 aromatic heterocycles. The van der Waals surface area contributed by atoms with E-state index in [0.29, 0.717) is 12.1 Å². The maximum Gasteiger partial charge on any atom is 0.389 e. The number of halogens is 6. The first-order valence-corrected chi connectivity index (χ1v) is 4.92. The topological polar surface area (TPSA) is 38.0 Å². The molecule has 1 aromatic carbocycles. The zero-order chi connectivity index (χ0) is 13.9. The molecule has 102 valence electrons. The van der Waals surface area contributed by atoms with Crippen LogP contribution in [0.4, 0.5) is 26.3 Å². The number of alkyl halides is 3. The molecule has 1 aromatic rings. The molecule has 0 bridgehead atoms. The third-order valence-corrected chi connectivity index (χ3v) is 2.33. The average Bonchev–Trinajstić information content (AvgIpc) is 2.25. The Balaban J connectivity index is 2.89. The molecule has 18 heavy (non-hydrogen) atoms. The van der Waals surface area contributed by atoms with Crippen molar-refractivity contribution in [3.63, 3.8) is 0 Å². The van der Waals surface area contributed by atoms with Crippen LogP contribution < -0.4 is 11.3 Å². The second kappa shape index (κ2) is 5.57. The Labute approximate surface area is 98.7 Å². The number of hydrogen-bond acceptors (Lipinski definition) is 2. The van der Waals surface area contributed by atoms with Crippen LogP contribution in [0.25, 0.3) is 0 Å². The van der Waals surface area contributed by atoms with Gasteiger partial charge in [0, 0.05) is 12.5 Å². The standard InChI is InChI=1S/C10H10F6N2/c11-6-3-5(4-7(12)9(6)13)8(18-17)1-2-10(14,15)16/h3-4,8,18H,1-2,17H2. The van der Waals surface area contributed by atoms with E-state index < -0.39 is 42.5 Å². The molecule has 2 nitrogen and oxygen atoms in total. The predicted octanol–water partition coefficient (Wildman–Crippen LogP) is 2.95. The highest BCUT2D eigenvalue weighted by molar-refractivity contribution is 5.22. The molecular weight excluding hydrogens is 262 g/mol. The highest BCUT2D eigenvalue weighted by Gasteiger charge is 2.29. The van der Waals surface area contributed by atoms with Gasteiger partial charge in [-0.05, 0) is 24.1 Å². The first-order chi connectivity index (χ1) is 8.24. The summed E-state index contributed by atoms with van der Waals surface area (Å²) in [6, 6.07) is 0.106. The van der Waals surface area contributed by atoms with Crippen molar-refractivity contribution < 1.29 is 26.3 Å². The SMILES string of the molecule is NNC(CCC(F)(F)F)c1cc(F)c(F)c(F)c1. The van der Waals surface area contributed by atoms with E-state index in [1.165, 1.54) is 0 Å². The molecule has 3 N–H and O–H groups in total. The molecule has 0 amide bonds. The van der Waals surface area contributed by atoms with E-state index in [1.807, 2.05) is 5.43 Å². The van der Waals surface area contributed by atoms with Gasteiger partial charge >= 0.3 is 6.18 Å². The Morgan fingerprint density at radius 3 is 2.00 bits per heavy atom. The van der Waals surface area contributed by atoms with Crippen molar-refractivity contribution in [3.05, 3.63) is 35.1 Å². The van der Waals surface area contributed by atoms with E-state index in [9.17, 15) is 26.3 Å². The van der Waals surface area contributed by atoms with Crippen LogP contribution in [0.15, 0.2) is 12.1 Å². The van der Waals surface area contributed by atoms with E-state index in [1.54, 1.807) is 0 Å². The van der Waals surface area contributed by atoms with Gasteiger partial charge in [0.2, 0.25) is 0 Å². The highest BCUT2D eigenvalue weighted by atomic mass is 19.4. The summed E-state index contributed by atoms with van der Waals surface area (Å²) in [5, 5.41) is 0. The number of benzene rings is 1. The fourth-order valence-electron chi connectivity index (χ4n) is 1.43. The van der Waals surface area contributed by atoms with E-state index in [0.717, 1.165) is 0 Å². The number of rotatable bonds is 4. The molecule has 0 radical (unpaired) electrons. The molecule has 1 atom stereocenters. The van der Waals surface area contributed by atoms with Crippen LogP contribution in [0.3, 0.4) is 0 Å². The third-order valence-electron chi connectivity index (χ3n) is 2.33. The first-order valence-electron chi connectivity index (χ1n) is 4.92. The molecule has 8 heteroatoms. The number of hydrazine groups is 1. The normalized spacial score (nSPS) is 13.7.